The average molecular weight is 241 g/mol. The number of nitrogens with two attached hydrogens (primary N) is 1. The molecule has 4 nitrogen and oxygen atoms in total. The van der Waals surface area contributed by atoms with Crippen LogP contribution in [0.2, 0.25) is 0 Å². The van der Waals surface area contributed by atoms with Gasteiger partial charge in [0.2, 0.25) is 5.91 Å². The maximum Gasteiger partial charge on any atom is 0.240 e. The fourth-order valence-electron chi connectivity index (χ4n) is 2.45. The number of hydrogen-bond donors (Lipinski definition) is 2. The lowest BCUT2D eigenvalue weighted by Gasteiger charge is -2.37. The molecule has 4 heteroatoms. The first kappa shape index (κ1) is 14.5. The van der Waals surface area contributed by atoms with Crippen molar-refractivity contribution in [3.63, 3.8) is 0 Å². The molecule has 1 aliphatic heterocycles. The fraction of sp³-hybridized carbons (Fsp3) is 0.923. The minimum Gasteiger partial charge on any atom is -0.351 e. The quantitative estimate of drug-likeness (QED) is 0.771. The van der Waals surface area contributed by atoms with Crippen LogP contribution in [0.1, 0.15) is 40.0 Å². The highest BCUT2D eigenvalue weighted by Gasteiger charge is 2.33. The Labute approximate surface area is 105 Å². The largest absolute Gasteiger partial charge is 0.351 e. The lowest BCUT2D eigenvalue weighted by molar-refractivity contribution is -0.128. The third-order valence-electron chi connectivity index (χ3n) is 4.14. The number of nitrogens with one attached hydrogen (secondary N) is 1. The van der Waals surface area contributed by atoms with Gasteiger partial charge in [0.1, 0.15) is 0 Å². The standard InChI is InChI=1S/C13H27N3O/c1-5-13(14,6-2)12(17)15-11-7-8-16(4)9-10(11)3/h10-11H,5-9,14H2,1-4H3,(H,15,17). The van der Waals surface area contributed by atoms with E-state index in [1.54, 1.807) is 0 Å². The van der Waals surface area contributed by atoms with Gasteiger partial charge in [0.25, 0.3) is 0 Å². The van der Waals surface area contributed by atoms with Crippen molar-refractivity contribution in [3.05, 3.63) is 0 Å². The van der Waals surface area contributed by atoms with Crippen molar-refractivity contribution in [2.24, 2.45) is 11.7 Å². The molecule has 1 aliphatic rings. The summed E-state index contributed by atoms with van der Waals surface area (Å²) < 4.78 is 0. The molecule has 0 aromatic rings. The van der Waals surface area contributed by atoms with Crippen LogP contribution in [0.15, 0.2) is 0 Å². The molecule has 3 N–H and O–H groups in total. The second kappa shape index (κ2) is 5.83. The third-order valence-corrected chi connectivity index (χ3v) is 4.14. The Morgan fingerprint density at radius 2 is 2.06 bits per heavy atom. The van der Waals surface area contributed by atoms with Gasteiger partial charge < -0.3 is 16.0 Å². The Bertz CT molecular complexity index is 263. The molecule has 1 saturated heterocycles. The smallest absolute Gasteiger partial charge is 0.240 e. The summed E-state index contributed by atoms with van der Waals surface area (Å²) >= 11 is 0. The highest BCUT2D eigenvalue weighted by atomic mass is 16.2. The van der Waals surface area contributed by atoms with E-state index < -0.39 is 5.54 Å². The van der Waals surface area contributed by atoms with Crippen LogP contribution in [0.25, 0.3) is 0 Å². The molecule has 17 heavy (non-hydrogen) atoms. The Hall–Kier alpha value is -0.610. The lowest BCUT2D eigenvalue weighted by atomic mass is 9.89. The van der Waals surface area contributed by atoms with Crippen molar-refractivity contribution < 1.29 is 4.79 Å². The number of nitrogens with zero attached hydrogens (tertiary/aromatic N) is 1. The molecule has 0 saturated carbocycles. The Morgan fingerprint density at radius 3 is 2.53 bits per heavy atom. The summed E-state index contributed by atoms with van der Waals surface area (Å²) in [4.78, 5) is 14.5. The molecule has 0 radical (unpaired) electrons. The first-order valence-corrected chi connectivity index (χ1v) is 6.71. The molecule has 0 spiro atoms. The second-order valence-electron chi connectivity index (χ2n) is 5.47. The molecule has 1 amide bonds. The minimum absolute atomic E-state index is 0.0175. The summed E-state index contributed by atoms with van der Waals surface area (Å²) in [6, 6.07) is 0.278. The molecule has 0 bridgehead atoms. The van der Waals surface area contributed by atoms with Crippen molar-refractivity contribution in [2.45, 2.75) is 51.6 Å². The topological polar surface area (TPSA) is 58.4 Å². The predicted octanol–water partition coefficient (Wildman–Crippen LogP) is 0.960. The van der Waals surface area contributed by atoms with E-state index in [1.165, 1.54) is 0 Å². The van der Waals surface area contributed by atoms with E-state index in [1.807, 2.05) is 13.8 Å². The number of amides is 1. The van der Waals surface area contributed by atoms with Crippen LogP contribution in [0.5, 0.6) is 0 Å². The molecule has 0 aromatic heterocycles. The third kappa shape index (κ3) is 3.42. The van der Waals surface area contributed by atoms with Crippen LogP contribution < -0.4 is 11.1 Å². The van der Waals surface area contributed by atoms with E-state index in [2.05, 4.69) is 24.2 Å². The monoisotopic (exact) mass is 241 g/mol. The van der Waals surface area contributed by atoms with Gasteiger partial charge in [-0.1, -0.05) is 20.8 Å². The van der Waals surface area contributed by atoms with Crippen molar-refractivity contribution in [1.29, 1.82) is 0 Å². The summed E-state index contributed by atoms with van der Waals surface area (Å²) in [5.74, 6) is 0.513. The van der Waals surface area contributed by atoms with Crippen molar-refractivity contribution in [3.8, 4) is 0 Å². The molecule has 2 unspecified atom stereocenters. The van der Waals surface area contributed by atoms with E-state index >= 15 is 0 Å². The van der Waals surface area contributed by atoms with Crippen LogP contribution in [-0.2, 0) is 4.79 Å². The van der Waals surface area contributed by atoms with E-state index in [-0.39, 0.29) is 11.9 Å². The molecule has 0 aliphatic carbocycles. The van der Waals surface area contributed by atoms with Gasteiger partial charge in [-0.2, -0.15) is 0 Å². The van der Waals surface area contributed by atoms with E-state index in [0.29, 0.717) is 18.8 Å². The highest BCUT2D eigenvalue weighted by Crippen LogP contribution is 2.18. The molecular formula is C13H27N3O. The maximum atomic E-state index is 12.2. The van der Waals surface area contributed by atoms with Crippen LogP contribution in [0.4, 0.5) is 0 Å². The number of rotatable bonds is 4. The van der Waals surface area contributed by atoms with E-state index in [4.69, 9.17) is 5.73 Å². The molecule has 1 heterocycles. The van der Waals surface area contributed by atoms with Gasteiger partial charge in [0, 0.05) is 12.6 Å². The van der Waals surface area contributed by atoms with Gasteiger partial charge in [-0.25, -0.2) is 0 Å². The number of carbonyl (C=O) groups excluding carboxylic acids is 1. The summed E-state index contributed by atoms with van der Waals surface area (Å²) in [6.07, 6.45) is 2.40. The Kier molecular flexibility index (Phi) is 4.95. The Morgan fingerprint density at radius 1 is 1.47 bits per heavy atom. The first-order chi connectivity index (χ1) is 7.92. The predicted molar refractivity (Wildman–Crippen MR) is 70.7 cm³/mol. The first-order valence-electron chi connectivity index (χ1n) is 6.71. The molecule has 2 atom stereocenters. The summed E-state index contributed by atoms with van der Waals surface area (Å²) in [7, 11) is 2.12. The zero-order valence-electron chi connectivity index (χ0n) is 11.6. The van der Waals surface area contributed by atoms with Crippen molar-refractivity contribution >= 4 is 5.91 Å². The summed E-state index contributed by atoms with van der Waals surface area (Å²) in [6.45, 7) is 8.23. The van der Waals surface area contributed by atoms with Gasteiger partial charge in [-0.3, -0.25) is 4.79 Å². The van der Waals surface area contributed by atoms with Crippen molar-refractivity contribution in [2.75, 3.05) is 20.1 Å². The second-order valence-corrected chi connectivity index (χ2v) is 5.47. The fourth-order valence-corrected chi connectivity index (χ4v) is 2.45. The number of likely N-dealkylation sites (tertiary alicyclic amines) is 1. The van der Waals surface area contributed by atoms with Gasteiger partial charge in [-0.05, 0) is 38.8 Å². The molecule has 1 fully saturated rings. The minimum atomic E-state index is -0.691. The number of carbonyl (C=O) groups is 1. The molecule has 0 aromatic carbocycles. The van der Waals surface area contributed by atoms with Gasteiger partial charge >= 0.3 is 0 Å². The van der Waals surface area contributed by atoms with Crippen LogP contribution in [-0.4, -0.2) is 42.5 Å². The average Bonchev–Trinajstić information content (AvgIpc) is 2.31. The zero-order chi connectivity index (χ0) is 13.1. The SMILES string of the molecule is CCC(N)(CC)C(=O)NC1CCN(C)CC1C. The number of piperidine rings is 1. The van der Waals surface area contributed by atoms with E-state index in [9.17, 15) is 4.79 Å². The van der Waals surface area contributed by atoms with Crippen molar-refractivity contribution in [1.82, 2.24) is 10.2 Å². The van der Waals surface area contributed by atoms with Crippen LogP contribution in [0.3, 0.4) is 0 Å². The van der Waals surface area contributed by atoms with E-state index in [0.717, 1.165) is 19.5 Å². The summed E-state index contributed by atoms with van der Waals surface area (Å²) in [5, 5.41) is 3.14. The van der Waals surface area contributed by atoms with Crippen LogP contribution >= 0.6 is 0 Å². The van der Waals surface area contributed by atoms with Gasteiger partial charge in [0.15, 0.2) is 0 Å². The molecular weight excluding hydrogens is 214 g/mol. The lowest BCUT2D eigenvalue weighted by Crippen LogP contribution is -2.58. The zero-order valence-corrected chi connectivity index (χ0v) is 11.6. The van der Waals surface area contributed by atoms with Gasteiger partial charge in [0.05, 0.1) is 5.54 Å². The summed E-state index contributed by atoms with van der Waals surface area (Å²) in [5.41, 5.74) is 5.42. The normalized spacial score (nSPS) is 26.9. The Balaban J connectivity index is 2.56. The molecule has 1 rings (SSSR count). The highest BCUT2D eigenvalue weighted by molar-refractivity contribution is 5.86. The van der Waals surface area contributed by atoms with Crippen LogP contribution in [0, 0.1) is 5.92 Å². The number of hydrogen-bond acceptors (Lipinski definition) is 3. The van der Waals surface area contributed by atoms with Gasteiger partial charge in [-0.15, -0.1) is 0 Å². The molecule has 100 valence electrons. The maximum absolute atomic E-state index is 12.2.